The van der Waals surface area contributed by atoms with Gasteiger partial charge in [-0.1, -0.05) is 25.1 Å². The zero-order valence-electron chi connectivity index (χ0n) is 12.8. The number of carbonyl (C=O) groups is 1. The number of rotatable bonds is 7. The van der Waals surface area contributed by atoms with E-state index in [-0.39, 0.29) is 18.5 Å². The SMILES string of the molecule is CCC(NC(=O)CN(C)S(C)(=O)=O)c1ccccc1OC. The van der Waals surface area contributed by atoms with Crippen molar-refractivity contribution in [3.63, 3.8) is 0 Å². The van der Waals surface area contributed by atoms with Gasteiger partial charge >= 0.3 is 0 Å². The molecule has 1 rings (SSSR count). The minimum Gasteiger partial charge on any atom is -0.496 e. The van der Waals surface area contributed by atoms with E-state index in [1.54, 1.807) is 7.11 Å². The maximum atomic E-state index is 12.0. The van der Waals surface area contributed by atoms with Crippen LogP contribution >= 0.6 is 0 Å². The second-order valence-electron chi connectivity index (χ2n) is 4.79. The number of para-hydroxylation sites is 1. The Morgan fingerprint density at radius 2 is 2.00 bits per heavy atom. The molecule has 1 atom stereocenters. The van der Waals surface area contributed by atoms with Crippen LogP contribution in [0.2, 0.25) is 0 Å². The van der Waals surface area contributed by atoms with Gasteiger partial charge in [0.15, 0.2) is 0 Å². The van der Waals surface area contributed by atoms with Gasteiger partial charge in [0.05, 0.1) is 26.0 Å². The van der Waals surface area contributed by atoms with Crippen molar-refractivity contribution in [2.75, 3.05) is 27.0 Å². The number of benzene rings is 1. The highest BCUT2D eigenvalue weighted by Crippen LogP contribution is 2.26. The lowest BCUT2D eigenvalue weighted by atomic mass is 10.0. The second-order valence-corrected chi connectivity index (χ2v) is 6.88. The first-order valence-electron chi connectivity index (χ1n) is 6.63. The van der Waals surface area contributed by atoms with Crippen molar-refractivity contribution in [1.29, 1.82) is 0 Å². The minimum absolute atomic E-state index is 0.204. The van der Waals surface area contributed by atoms with E-state index in [0.29, 0.717) is 12.2 Å². The maximum absolute atomic E-state index is 12.0. The van der Waals surface area contributed by atoms with Crippen molar-refractivity contribution in [2.24, 2.45) is 0 Å². The lowest BCUT2D eigenvalue weighted by Crippen LogP contribution is -2.39. The Balaban J connectivity index is 2.81. The molecule has 0 aromatic heterocycles. The number of amides is 1. The minimum atomic E-state index is -3.37. The number of nitrogens with one attached hydrogen (secondary N) is 1. The van der Waals surface area contributed by atoms with Crippen LogP contribution in [0.15, 0.2) is 24.3 Å². The molecule has 0 spiro atoms. The molecule has 1 unspecified atom stereocenters. The molecule has 0 aliphatic rings. The smallest absolute Gasteiger partial charge is 0.235 e. The van der Waals surface area contributed by atoms with E-state index in [9.17, 15) is 13.2 Å². The summed E-state index contributed by atoms with van der Waals surface area (Å²) in [5.74, 6) is 0.349. The van der Waals surface area contributed by atoms with E-state index in [1.807, 2.05) is 31.2 Å². The predicted octanol–water partition coefficient (Wildman–Crippen LogP) is 1.15. The molecule has 1 amide bonds. The van der Waals surface area contributed by atoms with Crippen molar-refractivity contribution in [3.05, 3.63) is 29.8 Å². The fourth-order valence-corrected chi connectivity index (χ4v) is 2.27. The molecule has 7 heteroatoms. The zero-order chi connectivity index (χ0) is 16.0. The molecule has 0 fully saturated rings. The lowest BCUT2D eigenvalue weighted by molar-refractivity contribution is -0.121. The van der Waals surface area contributed by atoms with Crippen LogP contribution in [0.1, 0.15) is 24.9 Å². The van der Waals surface area contributed by atoms with Crippen molar-refractivity contribution in [3.8, 4) is 5.75 Å². The highest BCUT2D eigenvalue weighted by Gasteiger charge is 2.20. The average Bonchev–Trinajstić information content (AvgIpc) is 2.43. The summed E-state index contributed by atoms with van der Waals surface area (Å²) in [4.78, 5) is 12.0. The van der Waals surface area contributed by atoms with Crippen molar-refractivity contribution in [1.82, 2.24) is 9.62 Å². The summed E-state index contributed by atoms with van der Waals surface area (Å²) in [6.45, 7) is 1.74. The van der Waals surface area contributed by atoms with Crippen LogP contribution in [0.5, 0.6) is 5.75 Å². The molecule has 0 aliphatic carbocycles. The fraction of sp³-hybridized carbons (Fsp3) is 0.500. The van der Waals surface area contributed by atoms with Gasteiger partial charge in [0, 0.05) is 12.6 Å². The average molecular weight is 314 g/mol. The summed E-state index contributed by atoms with van der Waals surface area (Å²) in [6.07, 6.45) is 1.74. The molecular formula is C14H22N2O4S. The van der Waals surface area contributed by atoms with Gasteiger partial charge in [-0.2, -0.15) is 4.31 Å². The fourth-order valence-electron chi connectivity index (χ4n) is 1.91. The van der Waals surface area contributed by atoms with E-state index in [0.717, 1.165) is 16.1 Å². The Labute approximate surface area is 126 Å². The summed E-state index contributed by atoms with van der Waals surface area (Å²) in [5, 5.41) is 2.84. The third-order valence-corrected chi connectivity index (χ3v) is 4.45. The first kappa shape index (κ1) is 17.5. The molecule has 0 radical (unpaired) electrons. The molecule has 0 saturated carbocycles. The molecule has 6 nitrogen and oxygen atoms in total. The number of hydrogen-bond acceptors (Lipinski definition) is 4. The second kappa shape index (κ2) is 7.42. The molecule has 118 valence electrons. The van der Waals surface area contributed by atoms with Crippen LogP contribution in [0.4, 0.5) is 0 Å². The molecule has 1 aromatic rings. The van der Waals surface area contributed by atoms with Gasteiger partial charge in [-0.25, -0.2) is 8.42 Å². The van der Waals surface area contributed by atoms with Crippen LogP contribution in [0.3, 0.4) is 0 Å². The van der Waals surface area contributed by atoms with E-state index >= 15 is 0 Å². The number of methoxy groups -OCH3 is 1. The number of ether oxygens (including phenoxy) is 1. The van der Waals surface area contributed by atoms with Crippen LogP contribution in [0, 0.1) is 0 Å². The summed E-state index contributed by atoms with van der Waals surface area (Å²) in [6, 6.07) is 7.21. The summed E-state index contributed by atoms with van der Waals surface area (Å²) in [7, 11) is -0.422. The van der Waals surface area contributed by atoms with Gasteiger partial charge in [0.2, 0.25) is 15.9 Å². The molecule has 0 saturated heterocycles. The van der Waals surface area contributed by atoms with Crippen molar-refractivity contribution < 1.29 is 17.9 Å². The number of likely N-dealkylation sites (N-methyl/N-ethyl adjacent to an activating group) is 1. The van der Waals surface area contributed by atoms with E-state index in [4.69, 9.17) is 4.74 Å². The van der Waals surface area contributed by atoms with E-state index in [2.05, 4.69) is 5.32 Å². The molecule has 0 aliphatic heterocycles. The van der Waals surface area contributed by atoms with Gasteiger partial charge in [0.25, 0.3) is 0 Å². The van der Waals surface area contributed by atoms with Crippen molar-refractivity contribution in [2.45, 2.75) is 19.4 Å². The molecule has 1 aromatic carbocycles. The summed E-state index contributed by atoms with van der Waals surface area (Å²) >= 11 is 0. The van der Waals surface area contributed by atoms with E-state index < -0.39 is 10.0 Å². The molecular weight excluding hydrogens is 292 g/mol. The molecule has 0 bridgehead atoms. The number of carbonyl (C=O) groups excluding carboxylic acids is 1. The van der Waals surface area contributed by atoms with Crippen molar-refractivity contribution >= 4 is 15.9 Å². The summed E-state index contributed by atoms with van der Waals surface area (Å²) < 4.78 is 28.9. The third kappa shape index (κ3) is 5.02. The van der Waals surface area contributed by atoms with Gasteiger partial charge in [0.1, 0.15) is 5.75 Å². The Kier molecular flexibility index (Phi) is 6.17. The summed E-state index contributed by atoms with van der Waals surface area (Å²) in [5.41, 5.74) is 0.873. The highest BCUT2D eigenvalue weighted by atomic mass is 32.2. The molecule has 1 N–H and O–H groups in total. The number of hydrogen-bond donors (Lipinski definition) is 1. The quantitative estimate of drug-likeness (QED) is 0.819. The topological polar surface area (TPSA) is 75.7 Å². The molecule has 21 heavy (non-hydrogen) atoms. The van der Waals surface area contributed by atoms with E-state index in [1.165, 1.54) is 7.05 Å². The Morgan fingerprint density at radius 3 is 2.52 bits per heavy atom. The first-order chi connectivity index (χ1) is 9.79. The lowest BCUT2D eigenvalue weighted by Gasteiger charge is -2.21. The maximum Gasteiger partial charge on any atom is 0.235 e. The van der Waals surface area contributed by atoms with Gasteiger partial charge in [-0.15, -0.1) is 0 Å². The number of sulfonamides is 1. The Morgan fingerprint density at radius 1 is 1.38 bits per heavy atom. The zero-order valence-corrected chi connectivity index (χ0v) is 13.6. The van der Waals surface area contributed by atoms with Gasteiger partial charge in [-0.3, -0.25) is 4.79 Å². The Bertz CT molecular complexity index is 586. The van der Waals surface area contributed by atoms with Gasteiger partial charge in [-0.05, 0) is 12.5 Å². The normalized spacial score (nSPS) is 13.0. The number of nitrogens with zero attached hydrogens (tertiary/aromatic N) is 1. The largest absolute Gasteiger partial charge is 0.496 e. The molecule has 0 heterocycles. The van der Waals surface area contributed by atoms with Crippen LogP contribution in [-0.2, 0) is 14.8 Å². The predicted molar refractivity (Wildman–Crippen MR) is 81.6 cm³/mol. The van der Waals surface area contributed by atoms with Crippen LogP contribution in [0.25, 0.3) is 0 Å². The third-order valence-electron chi connectivity index (χ3n) is 3.19. The standard InChI is InChI=1S/C14H22N2O4S/c1-5-12(11-8-6-7-9-13(11)20-3)15-14(17)10-16(2)21(4,18)19/h6-9,12H,5,10H2,1-4H3,(H,15,17). The highest BCUT2D eigenvalue weighted by molar-refractivity contribution is 7.88. The van der Waals surface area contributed by atoms with Crippen LogP contribution in [-0.4, -0.2) is 45.6 Å². The van der Waals surface area contributed by atoms with Gasteiger partial charge < -0.3 is 10.1 Å². The monoisotopic (exact) mass is 314 g/mol. The van der Waals surface area contributed by atoms with Crippen LogP contribution < -0.4 is 10.1 Å². The first-order valence-corrected chi connectivity index (χ1v) is 8.48. The Hall–Kier alpha value is -1.60.